The van der Waals surface area contributed by atoms with Crippen molar-refractivity contribution >= 4 is 0 Å². The van der Waals surface area contributed by atoms with E-state index in [0.29, 0.717) is 0 Å². The van der Waals surface area contributed by atoms with Gasteiger partial charge >= 0.3 is 0 Å². The fraction of sp³-hybridized carbons (Fsp3) is 1.00. The smallest absolute Gasteiger partial charge is 0.0417 e. The Morgan fingerprint density at radius 3 is 1.27 bits per heavy atom. The summed E-state index contributed by atoms with van der Waals surface area (Å²) in [4.78, 5) is 0. The molecule has 0 nitrogen and oxygen atoms in total. The van der Waals surface area contributed by atoms with Crippen LogP contribution in [0.25, 0.3) is 0 Å². The second-order valence-corrected chi connectivity index (χ2v) is 3.89. The summed E-state index contributed by atoms with van der Waals surface area (Å²) >= 11 is 0. The van der Waals surface area contributed by atoms with Crippen molar-refractivity contribution in [2.75, 3.05) is 0 Å². The predicted molar refractivity (Wildman–Crippen MR) is 52.8 cm³/mol. The molecule has 1 rings (SSSR count). The predicted octanol–water partition coefficient (Wildman–Crippen LogP) is 4.25. The molecule has 0 bridgehead atoms. The van der Waals surface area contributed by atoms with Gasteiger partial charge in [0.15, 0.2) is 0 Å². The van der Waals surface area contributed by atoms with Gasteiger partial charge < -0.3 is 0 Å². The van der Waals surface area contributed by atoms with Gasteiger partial charge in [-0.2, -0.15) is 0 Å². The molecule has 68 valence electrons. The van der Waals surface area contributed by atoms with Crippen LogP contribution in [0.3, 0.4) is 0 Å². The topological polar surface area (TPSA) is 0 Å². The maximum atomic E-state index is 2.33. The Hall–Kier alpha value is 0. The average Bonchev–Trinajstić information content (AvgIpc) is 2.04. The van der Waals surface area contributed by atoms with Gasteiger partial charge in [0.2, 0.25) is 0 Å². The fourth-order valence-corrected chi connectivity index (χ4v) is 1.19. The van der Waals surface area contributed by atoms with E-state index in [4.69, 9.17) is 0 Å². The van der Waals surface area contributed by atoms with E-state index >= 15 is 0 Å². The van der Waals surface area contributed by atoms with Crippen LogP contribution in [-0.4, -0.2) is 0 Å². The maximum absolute atomic E-state index is 2.33. The Morgan fingerprint density at radius 2 is 1.27 bits per heavy atom. The van der Waals surface area contributed by atoms with Crippen LogP contribution in [0.1, 0.15) is 59.8 Å². The molecule has 0 saturated heterocycles. The molecule has 0 N–H and O–H groups in total. The molecule has 2 atom stereocenters. The van der Waals surface area contributed by atoms with Crippen molar-refractivity contribution in [3.05, 3.63) is 0 Å². The highest BCUT2D eigenvalue weighted by molar-refractivity contribution is 4.71. The third-order valence-corrected chi connectivity index (χ3v) is 2.76. The number of hydrogen-bond donors (Lipinski definition) is 0. The molecule has 0 amide bonds. The van der Waals surface area contributed by atoms with Crippen LogP contribution < -0.4 is 0 Å². The second kappa shape index (κ2) is 6.69. The van der Waals surface area contributed by atoms with E-state index in [1.54, 1.807) is 0 Å². The van der Waals surface area contributed by atoms with E-state index in [9.17, 15) is 0 Å². The van der Waals surface area contributed by atoms with Crippen molar-refractivity contribution in [3.63, 3.8) is 0 Å². The standard InChI is InChI=1S/C6H12.C5H12/c1-5-3-4-6(5)2;1-3-5-4-2/h5-6H,3-4H2,1-2H3;3-5H2,1-2H3. The summed E-state index contributed by atoms with van der Waals surface area (Å²) in [5, 5.41) is 0. The summed E-state index contributed by atoms with van der Waals surface area (Å²) < 4.78 is 0. The molecule has 11 heavy (non-hydrogen) atoms. The Kier molecular flexibility index (Phi) is 6.69. The van der Waals surface area contributed by atoms with Gasteiger partial charge in [-0.25, -0.2) is 0 Å². The lowest BCUT2D eigenvalue weighted by molar-refractivity contribution is 0.219. The molecule has 0 aromatic heterocycles. The molecule has 0 radical (unpaired) electrons. The largest absolute Gasteiger partial charge is 0.0654 e. The van der Waals surface area contributed by atoms with E-state index < -0.39 is 0 Å². The molecule has 1 aliphatic rings. The van der Waals surface area contributed by atoms with Crippen LogP contribution in [0.4, 0.5) is 0 Å². The van der Waals surface area contributed by atoms with E-state index in [1.807, 2.05) is 0 Å². The zero-order chi connectivity index (χ0) is 8.69. The molecule has 1 saturated carbocycles. The minimum absolute atomic E-state index is 1.03. The van der Waals surface area contributed by atoms with E-state index in [0.717, 1.165) is 11.8 Å². The summed E-state index contributed by atoms with van der Waals surface area (Å²) in [7, 11) is 0. The van der Waals surface area contributed by atoms with Crippen LogP contribution in [0.15, 0.2) is 0 Å². The van der Waals surface area contributed by atoms with Gasteiger partial charge in [0.05, 0.1) is 0 Å². The summed E-state index contributed by atoms with van der Waals surface area (Å²) in [6.45, 7) is 9.08. The molecular formula is C11H24. The second-order valence-electron chi connectivity index (χ2n) is 3.89. The van der Waals surface area contributed by atoms with Crippen molar-refractivity contribution in [1.82, 2.24) is 0 Å². The minimum Gasteiger partial charge on any atom is -0.0654 e. The van der Waals surface area contributed by atoms with Gasteiger partial charge in [-0.15, -0.1) is 0 Å². The third-order valence-electron chi connectivity index (χ3n) is 2.76. The van der Waals surface area contributed by atoms with Crippen molar-refractivity contribution in [2.45, 2.75) is 59.8 Å². The lowest BCUT2D eigenvalue weighted by Crippen LogP contribution is -2.18. The first-order chi connectivity index (χ1) is 5.22. The van der Waals surface area contributed by atoms with Gasteiger partial charge in [0.1, 0.15) is 0 Å². The summed E-state index contributed by atoms with van der Waals surface area (Å²) in [5.41, 5.74) is 0. The maximum Gasteiger partial charge on any atom is -0.0417 e. The molecule has 0 heteroatoms. The van der Waals surface area contributed by atoms with Crippen LogP contribution in [-0.2, 0) is 0 Å². The summed E-state index contributed by atoms with van der Waals surface area (Å²) in [6, 6.07) is 0. The van der Waals surface area contributed by atoms with Crippen LogP contribution in [0.5, 0.6) is 0 Å². The van der Waals surface area contributed by atoms with Gasteiger partial charge in [0.25, 0.3) is 0 Å². The Balaban J connectivity index is 0.000000187. The van der Waals surface area contributed by atoms with Crippen molar-refractivity contribution in [2.24, 2.45) is 11.8 Å². The lowest BCUT2D eigenvalue weighted by atomic mass is 9.77. The molecule has 0 aromatic carbocycles. The quantitative estimate of drug-likeness (QED) is 0.560. The van der Waals surface area contributed by atoms with Crippen molar-refractivity contribution < 1.29 is 0 Å². The molecule has 0 heterocycles. The molecule has 0 aliphatic heterocycles. The van der Waals surface area contributed by atoms with Gasteiger partial charge in [-0.1, -0.05) is 59.8 Å². The molecule has 1 aliphatic carbocycles. The summed E-state index contributed by atoms with van der Waals surface area (Å²) in [6.07, 6.45) is 7.02. The SMILES string of the molecule is CC1CCC1C.CCCCC. The van der Waals surface area contributed by atoms with Crippen LogP contribution >= 0.6 is 0 Å². The Bertz CT molecular complexity index is 66.1. The molecule has 1 fully saturated rings. The summed E-state index contributed by atoms with van der Waals surface area (Å²) in [5.74, 6) is 2.06. The molecule has 0 aromatic rings. The third kappa shape index (κ3) is 5.29. The first kappa shape index (κ1) is 11.0. The van der Waals surface area contributed by atoms with Gasteiger partial charge in [-0.05, 0) is 11.8 Å². The zero-order valence-corrected chi connectivity index (χ0v) is 8.69. The number of rotatable bonds is 2. The van der Waals surface area contributed by atoms with Crippen molar-refractivity contribution in [1.29, 1.82) is 0 Å². The number of unbranched alkanes of at least 4 members (excludes halogenated alkanes) is 2. The van der Waals surface area contributed by atoms with Gasteiger partial charge in [-0.3, -0.25) is 0 Å². The Morgan fingerprint density at radius 1 is 0.909 bits per heavy atom. The number of hydrogen-bond acceptors (Lipinski definition) is 0. The Labute approximate surface area is 72.4 Å². The van der Waals surface area contributed by atoms with Crippen LogP contribution in [0, 0.1) is 11.8 Å². The first-order valence-corrected chi connectivity index (χ1v) is 5.22. The fourth-order valence-electron chi connectivity index (χ4n) is 1.19. The lowest BCUT2D eigenvalue weighted by Gasteiger charge is -2.29. The highest BCUT2D eigenvalue weighted by atomic mass is 14.3. The first-order valence-electron chi connectivity index (χ1n) is 5.22. The molecule has 2 unspecified atom stereocenters. The average molecular weight is 156 g/mol. The zero-order valence-electron chi connectivity index (χ0n) is 8.69. The van der Waals surface area contributed by atoms with Crippen molar-refractivity contribution in [3.8, 4) is 0 Å². The molecular weight excluding hydrogens is 132 g/mol. The van der Waals surface area contributed by atoms with E-state index in [1.165, 1.54) is 32.1 Å². The normalized spacial score (nSPS) is 28.4. The van der Waals surface area contributed by atoms with Crippen LogP contribution in [0.2, 0.25) is 0 Å². The highest BCUT2D eigenvalue weighted by Crippen LogP contribution is 2.32. The van der Waals surface area contributed by atoms with Gasteiger partial charge in [0, 0.05) is 0 Å². The minimum atomic E-state index is 1.03. The molecule has 0 spiro atoms. The monoisotopic (exact) mass is 156 g/mol. The van der Waals surface area contributed by atoms with E-state index in [2.05, 4.69) is 27.7 Å². The van der Waals surface area contributed by atoms with E-state index in [-0.39, 0.29) is 0 Å². The highest BCUT2D eigenvalue weighted by Gasteiger charge is 2.20.